The number of amides is 2. The van der Waals surface area contributed by atoms with Crippen LogP contribution in [-0.4, -0.2) is 39.3 Å². The minimum atomic E-state index is -0.224. The van der Waals surface area contributed by atoms with Crippen LogP contribution in [0, 0.1) is 6.92 Å². The molecule has 1 aromatic heterocycles. The van der Waals surface area contributed by atoms with Crippen molar-refractivity contribution in [3.05, 3.63) is 59.7 Å². The number of rotatable bonds is 8. The van der Waals surface area contributed by atoms with E-state index in [1.807, 2.05) is 51.1 Å². The molecule has 0 spiro atoms. The second-order valence-electron chi connectivity index (χ2n) is 6.38. The van der Waals surface area contributed by atoms with E-state index in [-0.39, 0.29) is 30.0 Å². The quantitative estimate of drug-likeness (QED) is 0.791. The van der Waals surface area contributed by atoms with Gasteiger partial charge in [-0.15, -0.1) is 0 Å². The number of aromatic nitrogens is 2. The van der Waals surface area contributed by atoms with Gasteiger partial charge in [-0.05, 0) is 25.8 Å². The van der Waals surface area contributed by atoms with E-state index in [0.717, 1.165) is 17.7 Å². The van der Waals surface area contributed by atoms with E-state index in [9.17, 15) is 9.59 Å². The average molecular weight is 354 g/mol. The van der Waals surface area contributed by atoms with Gasteiger partial charge in [0.1, 0.15) is 5.69 Å². The lowest BCUT2D eigenvalue weighted by Crippen LogP contribution is -2.37. The average Bonchev–Trinajstić information content (AvgIpc) is 2.65. The Labute approximate surface area is 154 Å². The number of nitrogens with one attached hydrogen (secondary N) is 1. The van der Waals surface area contributed by atoms with Gasteiger partial charge in [0.15, 0.2) is 0 Å². The summed E-state index contributed by atoms with van der Waals surface area (Å²) in [5.74, 6) is -0.280. The smallest absolute Gasteiger partial charge is 0.274 e. The van der Waals surface area contributed by atoms with Crippen molar-refractivity contribution in [3.63, 3.8) is 0 Å². The first-order valence-corrected chi connectivity index (χ1v) is 8.90. The summed E-state index contributed by atoms with van der Waals surface area (Å²) in [4.78, 5) is 34.9. The lowest BCUT2D eigenvalue weighted by Gasteiger charge is -2.23. The monoisotopic (exact) mass is 354 g/mol. The molecule has 1 heterocycles. The third-order valence-corrected chi connectivity index (χ3v) is 4.13. The Morgan fingerprint density at radius 3 is 2.50 bits per heavy atom. The van der Waals surface area contributed by atoms with Crippen molar-refractivity contribution in [2.24, 2.45) is 0 Å². The summed E-state index contributed by atoms with van der Waals surface area (Å²) in [5, 5.41) is 2.93. The molecular formula is C20H26N4O2. The van der Waals surface area contributed by atoms with Gasteiger partial charge in [0, 0.05) is 31.7 Å². The number of hydrogen-bond donors (Lipinski definition) is 1. The molecule has 2 amide bonds. The fourth-order valence-electron chi connectivity index (χ4n) is 2.41. The van der Waals surface area contributed by atoms with Crippen LogP contribution in [-0.2, 0) is 11.3 Å². The summed E-state index contributed by atoms with van der Waals surface area (Å²) in [5.41, 5.74) is 2.04. The van der Waals surface area contributed by atoms with Crippen molar-refractivity contribution >= 4 is 11.8 Å². The van der Waals surface area contributed by atoms with Crippen LogP contribution in [0.15, 0.2) is 42.7 Å². The molecule has 0 radical (unpaired) electrons. The molecule has 0 bridgehead atoms. The van der Waals surface area contributed by atoms with Crippen molar-refractivity contribution < 1.29 is 9.59 Å². The van der Waals surface area contributed by atoms with Gasteiger partial charge < -0.3 is 10.2 Å². The molecule has 1 aromatic carbocycles. The highest BCUT2D eigenvalue weighted by molar-refractivity contribution is 5.92. The first-order chi connectivity index (χ1) is 12.5. The molecule has 1 N–H and O–H groups in total. The number of nitrogens with zero attached hydrogens (tertiary/aromatic N) is 3. The molecular weight excluding hydrogens is 328 g/mol. The first-order valence-electron chi connectivity index (χ1n) is 8.90. The third kappa shape index (κ3) is 5.95. The summed E-state index contributed by atoms with van der Waals surface area (Å²) in [7, 11) is 0. The molecule has 0 aliphatic heterocycles. The van der Waals surface area contributed by atoms with Crippen molar-refractivity contribution in [1.29, 1.82) is 0 Å². The molecule has 138 valence electrons. The molecule has 0 saturated heterocycles. The molecule has 0 saturated carbocycles. The van der Waals surface area contributed by atoms with Gasteiger partial charge >= 0.3 is 0 Å². The van der Waals surface area contributed by atoms with Crippen LogP contribution < -0.4 is 5.32 Å². The number of aryl methyl sites for hydroxylation is 1. The topological polar surface area (TPSA) is 75.2 Å². The Morgan fingerprint density at radius 2 is 1.88 bits per heavy atom. The zero-order valence-corrected chi connectivity index (χ0v) is 15.6. The number of carbonyl (C=O) groups is 2. The zero-order chi connectivity index (χ0) is 18.9. The predicted molar refractivity (Wildman–Crippen MR) is 100 cm³/mol. The molecule has 2 rings (SSSR count). The fraction of sp³-hybridized carbons (Fsp3) is 0.400. The van der Waals surface area contributed by atoms with E-state index in [4.69, 9.17) is 0 Å². The van der Waals surface area contributed by atoms with Crippen LogP contribution in [0.4, 0.5) is 0 Å². The summed E-state index contributed by atoms with van der Waals surface area (Å²) in [6.07, 6.45) is 4.18. The molecule has 26 heavy (non-hydrogen) atoms. The zero-order valence-electron chi connectivity index (χ0n) is 15.6. The fourth-order valence-corrected chi connectivity index (χ4v) is 2.41. The van der Waals surface area contributed by atoms with E-state index >= 15 is 0 Å². The number of carbonyl (C=O) groups excluding carboxylic acids is 2. The van der Waals surface area contributed by atoms with E-state index in [2.05, 4.69) is 15.3 Å². The van der Waals surface area contributed by atoms with Gasteiger partial charge in [0.25, 0.3) is 5.91 Å². The molecule has 2 aromatic rings. The lowest BCUT2D eigenvalue weighted by atomic mass is 10.2. The maximum Gasteiger partial charge on any atom is 0.274 e. The van der Waals surface area contributed by atoms with Crippen molar-refractivity contribution in [2.45, 2.75) is 46.2 Å². The number of benzene rings is 1. The van der Waals surface area contributed by atoms with Gasteiger partial charge in [0.05, 0.1) is 11.9 Å². The Bertz CT molecular complexity index is 716. The number of hydrogen-bond acceptors (Lipinski definition) is 4. The summed E-state index contributed by atoms with van der Waals surface area (Å²) in [6, 6.07) is 9.84. The lowest BCUT2D eigenvalue weighted by molar-refractivity contribution is -0.121. The second kappa shape index (κ2) is 9.65. The predicted octanol–water partition coefficient (Wildman–Crippen LogP) is 2.73. The molecule has 6 heteroatoms. The SMILES string of the molecule is CC[C@H](C)NC(=O)CCN(Cc1ccccc1)C(=O)c1cnc(C)cn1. The minimum absolute atomic E-state index is 0.0554. The van der Waals surface area contributed by atoms with Crippen molar-refractivity contribution in [3.8, 4) is 0 Å². The highest BCUT2D eigenvalue weighted by Crippen LogP contribution is 2.09. The third-order valence-electron chi connectivity index (χ3n) is 4.13. The van der Waals surface area contributed by atoms with Crippen molar-refractivity contribution in [1.82, 2.24) is 20.2 Å². The normalized spacial score (nSPS) is 11.7. The summed E-state index contributed by atoms with van der Waals surface area (Å²) < 4.78 is 0. The van der Waals surface area contributed by atoms with Crippen LogP contribution >= 0.6 is 0 Å². The van der Waals surface area contributed by atoms with Gasteiger partial charge in [-0.1, -0.05) is 37.3 Å². The summed E-state index contributed by atoms with van der Waals surface area (Å²) >= 11 is 0. The van der Waals surface area contributed by atoms with Gasteiger partial charge in [-0.2, -0.15) is 0 Å². The van der Waals surface area contributed by atoms with Crippen LogP contribution in [0.2, 0.25) is 0 Å². The van der Waals surface area contributed by atoms with Gasteiger partial charge in [0.2, 0.25) is 5.91 Å². The van der Waals surface area contributed by atoms with E-state index in [0.29, 0.717) is 13.1 Å². The Morgan fingerprint density at radius 1 is 1.15 bits per heavy atom. The highest BCUT2D eigenvalue weighted by Gasteiger charge is 2.19. The van der Waals surface area contributed by atoms with Crippen LogP contribution in [0.5, 0.6) is 0 Å². The maximum atomic E-state index is 12.8. The molecule has 0 aliphatic carbocycles. The molecule has 0 fully saturated rings. The summed E-state index contributed by atoms with van der Waals surface area (Å²) in [6.45, 7) is 6.55. The highest BCUT2D eigenvalue weighted by atomic mass is 16.2. The van der Waals surface area contributed by atoms with E-state index < -0.39 is 0 Å². The van der Waals surface area contributed by atoms with Crippen LogP contribution in [0.3, 0.4) is 0 Å². The van der Waals surface area contributed by atoms with Crippen LogP contribution in [0.25, 0.3) is 0 Å². The van der Waals surface area contributed by atoms with E-state index in [1.54, 1.807) is 11.1 Å². The Kier molecular flexibility index (Phi) is 7.26. The Balaban J connectivity index is 2.09. The van der Waals surface area contributed by atoms with Gasteiger partial charge in [-0.3, -0.25) is 14.6 Å². The van der Waals surface area contributed by atoms with E-state index in [1.165, 1.54) is 6.20 Å². The standard InChI is InChI=1S/C20H26N4O2/c1-4-15(2)23-19(25)10-11-24(14-17-8-6-5-7-9-17)20(26)18-13-21-16(3)12-22-18/h5-9,12-13,15H,4,10-11,14H2,1-3H3,(H,23,25)/t15-/m0/s1. The molecule has 6 nitrogen and oxygen atoms in total. The largest absolute Gasteiger partial charge is 0.354 e. The first kappa shape index (κ1) is 19.6. The molecule has 0 aliphatic rings. The Hall–Kier alpha value is -2.76. The molecule has 1 atom stereocenters. The second-order valence-corrected chi connectivity index (χ2v) is 6.38. The molecule has 0 unspecified atom stereocenters. The van der Waals surface area contributed by atoms with Crippen molar-refractivity contribution in [2.75, 3.05) is 6.54 Å². The maximum absolute atomic E-state index is 12.8. The minimum Gasteiger partial charge on any atom is -0.354 e. The van der Waals surface area contributed by atoms with Crippen LogP contribution in [0.1, 0.15) is 48.4 Å². The van der Waals surface area contributed by atoms with Gasteiger partial charge in [-0.25, -0.2) is 4.98 Å².